The molecule has 4 rings (SSSR count). The second kappa shape index (κ2) is 5.02. The number of benzene rings is 1. The summed E-state index contributed by atoms with van der Waals surface area (Å²) in [7, 11) is 1.96. The molecule has 0 aliphatic carbocycles. The third kappa shape index (κ3) is 2.31. The molecule has 3 aliphatic heterocycles. The Bertz CT molecular complexity index is 560. The molecule has 0 spiro atoms. The fourth-order valence-electron chi connectivity index (χ4n) is 4.03. The Kier molecular flexibility index (Phi) is 3.14. The standard InChI is InChI=1S/C17H22N2O2/c1-19(15-9-13-3-4-14(10-15)18-13)17(20)12-2-5-16-11(8-12)6-7-21-16/h2,5,8,13-15,18H,3-4,6-7,9-10H2,1H3. The number of rotatable bonds is 2. The number of carbonyl (C=O) groups is 1. The van der Waals surface area contributed by atoms with E-state index in [1.165, 1.54) is 18.4 Å². The highest BCUT2D eigenvalue weighted by atomic mass is 16.5. The molecule has 2 atom stereocenters. The molecule has 2 fully saturated rings. The van der Waals surface area contributed by atoms with Gasteiger partial charge >= 0.3 is 0 Å². The van der Waals surface area contributed by atoms with E-state index in [4.69, 9.17) is 4.74 Å². The van der Waals surface area contributed by atoms with Crippen LogP contribution in [0.1, 0.15) is 41.6 Å². The van der Waals surface area contributed by atoms with Gasteiger partial charge in [0, 0.05) is 37.2 Å². The van der Waals surface area contributed by atoms with Gasteiger partial charge in [0.15, 0.2) is 0 Å². The van der Waals surface area contributed by atoms with E-state index in [1.807, 2.05) is 30.1 Å². The van der Waals surface area contributed by atoms with Crippen LogP contribution < -0.4 is 10.1 Å². The quantitative estimate of drug-likeness (QED) is 0.904. The number of hydrogen-bond acceptors (Lipinski definition) is 3. The summed E-state index contributed by atoms with van der Waals surface area (Å²) in [6.07, 6.45) is 5.62. The predicted molar refractivity (Wildman–Crippen MR) is 80.7 cm³/mol. The molecule has 2 saturated heterocycles. The minimum absolute atomic E-state index is 0.149. The van der Waals surface area contributed by atoms with Crippen LogP contribution in [0.4, 0.5) is 0 Å². The lowest BCUT2D eigenvalue weighted by Crippen LogP contribution is -2.48. The zero-order chi connectivity index (χ0) is 14.4. The lowest BCUT2D eigenvalue weighted by atomic mass is 9.97. The smallest absolute Gasteiger partial charge is 0.253 e. The maximum atomic E-state index is 12.7. The van der Waals surface area contributed by atoms with Crippen LogP contribution in [0.3, 0.4) is 0 Å². The minimum Gasteiger partial charge on any atom is -0.493 e. The Balaban J connectivity index is 1.51. The Morgan fingerprint density at radius 3 is 2.81 bits per heavy atom. The number of fused-ring (bicyclic) bond motifs is 3. The molecule has 4 nitrogen and oxygen atoms in total. The Morgan fingerprint density at radius 1 is 1.29 bits per heavy atom. The summed E-state index contributed by atoms with van der Waals surface area (Å²) in [4.78, 5) is 14.7. The molecule has 1 N–H and O–H groups in total. The molecular weight excluding hydrogens is 264 g/mol. The fourth-order valence-corrected chi connectivity index (χ4v) is 4.03. The van der Waals surface area contributed by atoms with Gasteiger partial charge in [0.2, 0.25) is 0 Å². The molecule has 0 aromatic heterocycles. The van der Waals surface area contributed by atoms with Crippen molar-refractivity contribution < 1.29 is 9.53 Å². The Morgan fingerprint density at radius 2 is 2.05 bits per heavy atom. The zero-order valence-electron chi connectivity index (χ0n) is 12.5. The van der Waals surface area contributed by atoms with Crippen LogP contribution in [0, 0.1) is 0 Å². The van der Waals surface area contributed by atoms with Crippen molar-refractivity contribution >= 4 is 5.91 Å². The van der Waals surface area contributed by atoms with Gasteiger partial charge in [-0.1, -0.05) is 0 Å². The zero-order valence-corrected chi connectivity index (χ0v) is 12.5. The van der Waals surface area contributed by atoms with Gasteiger partial charge in [0.1, 0.15) is 5.75 Å². The largest absolute Gasteiger partial charge is 0.493 e. The summed E-state index contributed by atoms with van der Waals surface area (Å²) in [6.45, 7) is 0.737. The minimum atomic E-state index is 0.149. The van der Waals surface area contributed by atoms with Crippen LogP contribution in [0.5, 0.6) is 5.75 Å². The summed E-state index contributed by atoms with van der Waals surface area (Å²) in [5.74, 6) is 1.09. The SMILES string of the molecule is CN(C(=O)c1ccc2c(c1)CCO2)C1CC2CCC(C1)N2. The first-order valence-electron chi connectivity index (χ1n) is 7.99. The number of carbonyl (C=O) groups excluding carboxylic acids is 1. The average Bonchev–Trinajstić information content (AvgIpc) is 3.11. The molecule has 4 heteroatoms. The molecule has 21 heavy (non-hydrogen) atoms. The first-order valence-corrected chi connectivity index (χ1v) is 7.99. The maximum absolute atomic E-state index is 12.7. The van der Waals surface area contributed by atoms with Gasteiger partial charge in [-0.2, -0.15) is 0 Å². The molecule has 3 aliphatic rings. The average molecular weight is 286 g/mol. The van der Waals surface area contributed by atoms with Crippen LogP contribution in [0.15, 0.2) is 18.2 Å². The molecule has 1 aromatic carbocycles. The van der Waals surface area contributed by atoms with E-state index in [2.05, 4.69) is 5.32 Å². The number of piperidine rings is 1. The van der Waals surface area contributed by atoms with Crippen molar-refractivity contribution in [1.82, 2.24) is 10.2 Å². The number of ether oxygens (including phenoxy) is 1. The molecule has 2 bridgehead atoms. The topological polar surface area (TPSA) is 41.6 Å². The van der Waals surface area contributed by atoms with Crippen molar-refractivity contribution in [2.24, 2.45) is 0 Å². The highest BCUT2D eigenvalue weighted by Crippen LogP contribution is 2.31. The normalized spacial score (nSPS) is 29.9. The van der Waals surface area contributed by atoms with Crippen molar-refractivity contribution in [3.63, 3.8) is 0 Å². The van der Waals surface area contributed by atoms with Gasteiger partial charge in [-0.25, -0.2) is 0 Å². The van der Waals surface area contributed by atoms with Crippen LogP contribution in [-0.2, 0) is 6.42 Å². The Labute approximate surface area is 125 Å². The summed E-state index contributed by atoms with van der Waals surface area (Å²) >= 11 is 0. The van der Waals surface area contributed by atoms with E-state index in [-0.39, 0.29) is 5.91 Å². The third-order valence-electron chi connectivity index (χ3n) is 5.25. The summed E-state index contributed by atoms with van der Waals surface area (Å²) < 4.78 is 5.51. The molecule has 0 radical (unpaired) electrons. The maximum Gasteiger partial charge on any atom is 0.253 e. The van der Waals surface area contributed by atoms with Gasteiger partial charge in [-0.15, -0.1) is 0 Å². The first-order chi connectivity index (χ1) is 10.2. The summed E-state index contributed by atoms with van der Waals surface area (Å²) in [5.41, 5.74) is 1.97. The highest BCUT2D eigenvalue weighted by Gasteiger charge is 2.36. The third-order valence-corrected chi connectivity index (χ3v) is 5.25. The Hall–Kier alpha value is -1.55. The molecule has 0 saturated carbocycles. The number of nitrogens with zero attached hydrogens (tertiary/aromatic N) is 1. The van der Waals surface area contributed by atoms with Gasteiger partial charge in [0.25, 0.3) is 5.91 Å². The highest BCUT2D eigenvalue weighted by molar-refractivity contribution is 5.94. The van der Waals surface area contributed by atoms with Gasteiger partial charge < -0.3 is 15.0 Å². The van der Waals surface area contributed by atoms with E-state index in [1.54, 1.807) is 0 Å². The van der Waals surface area contributed by atoms with E-state index in [9.17, 15) is 4.79 Å². The second-order valence-corrected chi connectivity index (χ2v) is 6.60. The predicted octanol–water partition coefficient (Wildman–Crippen LogP) is 1.98. The summed E-state index contributed by atoms with van der Waals surface area (Å²) in [5, 5.41) is 3.63. The molecule has 1 amide bonds. The van der Waals surface area contributed by atoms with Gasteiger partial charge in [0.05, 0.1) is 6.61 Å². The lowest BCUT2D eigenvalue weighted by Gasteiger charge is -2.35. The second-order valence-electron chi connectivity index (χ2n) is 6.60. The first kappa shape index (κ1) is 13.1. The number of hydrogen-bond donors (Lipinski definition) is 1. The van der Waals surface area contributed by atoms with Crippen molar-refractivity contribution in [3.05, 3.63) is 29.3 Å². The number of amides is 1. The molecule has 1 aromatic rings. The van der Waals surface area contributed by atoms with E-state index in [0.29, 0.717) is 18.1 Å². The van der Waals surface area contributed by atoms with E-state index in [0.717, 1.165) is 37.2 Å². The van der Waals surface area contributed by atoms with Gasteiger partial charge in [-0.05, 0) is 49.4 Å². The van der Waals surface area contributed by atoms with Crippen LogP contribution in [-0.4, -0.2) is 42.6 Å². The molecular formula is C17H22N2O2. The van der Waals surface area contributed by atoms with Crippen molar-refractivity contribution in [1.29, 1.82) is 0 Å². The molecule has 3 heterocycles. The van der Waals surface area contributed by atoms with Crippen LogP contribution in [0.25, 0.3) is 0 Å². The monoisotopic (exact) mass is 286 g/mol. The fraction of sp³-hybridized carbons (Fsp3) is 0.588. The van der Waals surface area contributed by atoms with Crippen molar-refractivity contribution in [3.8, 4) is 5.75 Å². The van der Waals surface area contributed by atoms with Crippen LogP contribution >= 0.6 is 0 Å². The van der Waals surface area contributed by atoms with Crippen molar-refractivity contribution in [2.75, 3.05) is 13.7 Å². The van der Waals surface area contributed by atoms with E-state index < -0.39 is 0 Å². The number of nitrogens with one attached hydrogen (secondary N) is 1. The van der Waals surface area contributed by atoms with Crippen molar-refractivity contribution in [2.45, 2.75) is 50.2 Å². The lowest BCUT2D eigenvalue weighted by molar-refractivity contribution is 0.0681. The van der Waals surface area contributed by atoms with Gasteiger partial charge in [-0.3, -0.25) is 4.79 Å². The molecule has 2 unspecified atom stereocenters. The molecule has 112 valence electrons. The van der Waals surface area contributed by atoms with E-state index >= 15 is 0 Å². The van der Waals surface area contributed by atoms with Crippen LogP contribution in [0.2, 0.25) is 0 Å². The summed E-state index contributed by atoms with van der Waals surface area (Å²) in [6, 6.07) is 7.45.